The highest BCUT2D eigenvalue weighted by atomic mass is 32.2. The molecule has 0 unspecified atom stereocenters. The number of β-lactam (4-membered cyclic amide) rings is 1. The Kier molecular flexibility index (Phi) is 6.92. The van der Waals surface area contributed by atoms with Crippen LogP contribution in [0.1, 0.15) is 5.76 Å². The van der Waals surface area contributed by atoms with Crippen LogP contribution in [0.3, 0.4) is 0 Å². The van der Waals surface area contributed by atoms with Crippen molar-refractivity contribution >= 4 is 47.4 Å². The zero-order valence-corrected chi connectivity index (χ0v) is 20.4. The van der Waals surface area contributed by atoms with Crippen LogP contribution in [0, 0.1) is 0 Å². The third-order valence-electron chi connectivity index (χ3n) is 5.53. The summed E-state index contributed by atoms with van der Waals surface area (Å²) in [6.07, 6.45) is 4.88. The second-order valence-corrected chi connectivity index (χ2v) is 10.1. The van der Waals surface area contributed by atoms with Crippen molar-refractivity contribution in [3.63, 3.8) is 0 Å². The number of nitrogens with zero attached hydrogens (tertiary/aromatic N) is 3. The smallest absolute Gasteiger partial charge is 0.352 e. The average molecular weight is 521 g/mol. The van der Waals surface area contributed by atoms with Gasteiger partial charge in [0.2, 0.25) is 5.91 Å². The van der Waals surface area contributed by atoms with Gasteiger partial charge in [0.05, 0.1) is 11.4 Å². The molecule has 4 heterocycles. The van der Waals surface area contributed by atoms with Gasteiger partial charge in [0.15, 0.2) is 5.76 Å². The standard InChI is InChI=1S/C25H20N4O5S2/c30-20(14-35-17-6-2-1-3-7-17)27-21-23(31)29-22(25(32)33)15(13-36-24(21)29)9-10-16-12-19(28-34-16)18-8-4-5-11-26-18/h1-12,21,24H,13-14H2,(H,27,30)(H,32,33)/b10-9+/t21-,24-/m1/s1. The summed E-state index contributed by atoms with van der Waals surface area (Å²) in [7, 11) is 0. The molecule has 0 saturated carbocycles. The Morgan fingerprint density at radius 3 is 2.72 bits per heavy atom. The van der Waals surface area contributed by atoms with Gasteiger partial charge in [-0.1, -0.05) is 35.5 Å². The van der Waals surface area contributed by atoms with Crippen LogP contribution < -0.4 is 5.32 Å². The zero-order valence-electron chi connectivity index (χ0n) is 18.7. The topological polar surface area (TPSA) is 126 Å². The summed E-state index contributed by atoms with van der Waals surface area (Å²) in [6, 6.07) is 15.9. The number of aliphatic carboxylic acids is 1. The molecule has 0 bridgehead atoms. The van der Waals surface area contributed by atoms with Gasteiger partial charge >= 0.3 is 5.97 Å². The molecule has 1 saturated heterocycles. The number of aromatic nitrogens is 2. The van der Waals surface area contributed by atoms with Crippen molar-refractivity contribution in [3.05, 3.63) is 83.9 Å². The fourth-order valence-electron chi connectivity index (χ4n) is 3.84. The highest BCUT2D eigenvalue weighted by molar-refractivity contribution is 8.00. The van der Waals surface area contributed by atoms with Gasteiger partial charge in [-0.3, -0.25) is 19.5 Å². The van der Waals surface area contributed by atoms with E-state index in [1.54, 1.807) is 36.5 Å². The summed E-state index contributed by atoms with van der Waals surface area (Å²) in [5.41, 5.74) is 1.59. The van der Waals surface area contributed by atoms with Crippen LogP contribution in [0.5, 0.6) is 0 Å². The lowest BCUT2D eigenvalue weighted by Crippen LogP contribution is -2.70. The molecule has 5 rings (SSSR count). The molecule has 11 heteroatoms. The van der Waals surface area contributed by atoms with Gasteiger partial charge in [0.25, 0.3) is 5.91 Å². The normalized spacial score (nSPS) is 19.2. The number of fused-ring (bicyclic) bond motifs is 1. The van der Waals surface area contributed by atoms with Crippen LogP contribution in [-0.2, 0) is 14.4 Å². The molecule has 2 N–H and O–H groups in total. The third-order valence-corrected chi connectivity index (χ3v) is 7.85. The first-order valence-electron chi connectivity index (χ1n) is 11.0. The summed E-state index contributed by atoms with van der Waals surface area (Å²) in [5.74, 6) is -0.966. The molecule has 9 nitrogen and oxygen atoms in total. The van der Waals surface area contributed by atoms with Crippen LogP contribution >= 0.6 is 23.5 Å². The van der Waals surface area contributed by atoms with E-state index in [4.69, 9.17) is 4.52 Å². The lowest BCUT2D eigenvalue weighted by Gasteiger charge is -2.49. The number of hydrogen-bond acceptors (Lipinski definition) is 8. The van der Waals surface area contributed by atoms with E-state index in [-0.39, 0.29) is 17.4 Å². The van der Waals surface area contributed by atoms with Crippen molar-refractivity contribution in [2.75, 3.05) is 11.5 Å². The molecule has 36 heavy (non-hydrogen) atoms. The summed E-state index contributed by atoms with van der Waals surface area (Å²) >= 11 is 2.77. The molecular formula is C25H20N4O5S2. The molecule has 1 fully saturated rings. The number of rotatable bonds is 8. The maximum absolute atomic E-state index is 12.8. The van der Waals surface area contributed by atoms with Gasteiger partial charge in [-0.15, -0.1) is 23.5 Å². The van der Waals surface area contributed by atoms with Gasteiger partial charge in [-0.2, -0.15) is 0 Å². The van der Waals surface area contributed by atoms with E-state index < -0.39 is 23.3 Å². The third kappa shape index (κ3) is 4.93. The molecule has 2 aromatic heterocycles. The van der Waals surface area contributed by atoms with E-state index >= 15 is 0 Å². The van der Waals surface area contributed by atoms with E-state index in [1.165, 1.54) is 28.4 Å². The Morgan fingerprint density at radius 2 is 1.97 bits per heavy atom. The van der Waals surface area contributed by atoms with E-state index in [0.717, 1.165) is 4.90 Å². The number of hydrogen-bond donors (Lipinski definition) is 2. The van der Waals surface area contributed by atoms with E-state index in [2.05, 4.69) is 15.5 Å². The van der Waals surface area contributed by atoms with Gasteiger partial charge in [-0.25, -0.2) is 4.79 Å². The number of nitrogens with one attached hydrogen (secondary N) is 1. The maximum Gasteiger partial charge on any atom is 0.352 e. The van der Waals surface area contributed by atoms with Gasteiger partial charge in [-0.05, 0) is 35.9 Å². The number of carboxylic acids is 1. The summed E-state index contributed by atoms with van der Waals surface area (Å²) in [6.45, 7) is 0. The number of amides is 2. The lowest BCUT2D eigenvalue weighted by atomic mass is 10.0. The predicted molar refractivity (Wildman–Crippen MR) is 136 cm³/mol. The number of pyridine rings is 1. The number of benzene rings is 1. The number of allylic oxidation sites excluding steroid dienone is 1. The Bertz CT molecular complexity index is 1360. The predicted octanol–water partition coefficient (Wildman–Crippen LogP) is 3.28. The number of carboxylic acid groups (broad SMARTS) is 1. The first-order valence-corrected chi connectivity index (χ1v) is 13.0. The van der Waals surface area contributed by atoms with Gasteiger partial charge in [0.1, 0.15) is 22.8 Å². The van der Waals surface area contributed by atoms with Crippen molar-refractivity contribution < 1.29 is 24.0 Å². The van der Waals surface area contributed by atoms with Crippen LogP contribution in [0.2, 0.25) is 0 Å². The average Bonchev–Trinajstić information content (AvgIpc) is 3.39. The van der Waals surface area contributed by atoms with Crippen LogP contribution in [-0.4, -0.2) is 60.9 Å². The Balaban J connectivity index is 1.26. The summed E-state index contributed by atoms with van der Waals surface area (Å²) in [5, 5.41) is 16.1. The molecule has 0 radical (unpaired) electrons. The minimum atomic E-state index is -1.20. The van der Waals surface area contributed by atoms with Crippen molar-refractivity contribution in [2.45, 2.75) is 16.3 Å². The molecule has 0 aliphatic carbocycles. The number of thioether (sulfide) groups is 2. The minimum Gasteiger partial charge on any atom is -0.477 e. The maximum atomic E-state index is 12.8. The van der Waals surface area contributed by atoms with Crippen LogP contribution in [0.25, 0.3) is 17.5 Å². The Hall–Kier alpha value is -3.83. The minimum absolute atomic E-state index is 0.0892. The van der Waals surface area contributed by atoms with Crippen molar-refractivity contribution in [3.8, 4) is 11.4 Å². The largest absolute Gasteiger partial charge is 0.477 e. The first-order chi connectivity index (χ1) is 17.5. The fourth-order valence-corrected chi connectivity index (χ4v) is 5.89. The van der Waals surface area contributed by atoms with E-state index in [1.807, 2.05) is 36.4 Å². The zero-order chi connectivity index (χ0) is 25.1. The number of carbonyl (C=O) groups excluding carboxylic acids is 2. The van der Waals surface area contributed by atoms with Crippen molar-refractivity contribution in [1.29, 1.82) is 0 Å². The molecule has 2 atom stereocenters. The molecule has 1 aromatic carbocycles. The van der Waals surface area contributed by atoms with Crippen molar-refractivity contribution in [1.82, 2.24) is 20.4 Å². The Labute approximate surface area is 214 Å². The van der Waals surface area contributed by atoms with E-state index in [9.17, 15) is 19.5 Å². The van der Waals surface area contributed by atoms with Gasteiger partial charge < -0.3 is 14.9 Å². The molecular weight excluding hydrogens is 500 g/mol. The summed E-state index contributed by atoms with van der Waals surface area (Å²) < 4.78 is 5.32. The molecule has 2 aliphatic heterocycles. The fraction of sp³-hybridized carbons (Fsp3) is 0.160. The Morgan fingerprint density at radius 1 is 1.17 bits per heavy atom. The second-order valence-electron chi connectivity index (χ2n) is 7.90. The highest BCUT2D eigenvalue weighted by Gasteiger charge is 2.53. The second kappa shape index (κ2) is 10.4. The van der Waals surface area contributed by atoms with Crippen molar-refractivity contribution in [2.24, 2.45) is 0 Å². The van der Waals surface area contributed by atoms with Gasteiger partial charge in [0, 0.05) is 22.9 Å². The van der Waals surface area contributed by atoms with Crippen LogP contribution in [0.15, 0.2) is 87.6 Å². The molecule has 3 aromatic rings. The molecule has 2 aliphatic rings. The molecule has 2 amide bonds. The van der Waals surface area contributed by atoms with Crippen LogP contribution in [0.4, 0.5) is 0 Å². The quantitative estimate of drug-likeness (QED) is 0.340. The first kappa shape index (κ1) is 23.9. The molecule has 0 spiro atoms. The monoisotopic (exact) mass is 520 g/mol. The highest BCUT2D eigenvalue weighted by Crippen LogP contribution is 2.41. The SMILES string of the molecule is O=C(CSc1ccccc1)N[C@@H]1C(=O)N2C(C(=O)O)=C(/C=C/c3cc(-c4ccccn4)no3)CS[C@H]12. The number of carbonyl (C=O) groups is 3. The molecule has 182 valence electrons. The van der Waals surface area contributed by atoms with E-state index in [0.29, 0.717) is 28.5 Å². The lowest BCUT2D eigenvalue weighted by molar-refractivity contribution is -0.150. The summed E-state index contributed by atoms with van der Waals surface area (Å²) in [4.78, 5) is 43.7.